The molecule has 0 bridgehead atoms. The zero-order valence-electron chi connectivity index (χ0n) is 19.6. The molecule has 2 unspecified atom stereocenters. The van der Waals surface area contributed by atoms with Crippen LogP contribution in [0.15, 0.2) is 18.2 Å². The van der Waals surface area contributed by atoms with Gasteiger partial charge in [-0.2, -0.15) is 13.2 Å². The van der Waals surface area contributed by atoms with E-state index in [4.69, 9.17) is 14.2 Å². The van der Waals surface area contributed by atoms with Crippen molar-refractivity contribution in [3.05, 3.63) is 40.5 Å². The maximum Gasteiger partial charge on any atom is 0.428 e. The standard InChI is InChI=1S/C25H26F3O7P/c1-32-23(30)24(31,25(26,27)28)13-36(18-11-14(2-6-29)10-15-3-7-33-19(15)18)22-20-16(4-8-34-20)12-17-5-9-35-21(17)22/h10-12,29,31H,2-9,13H2,1H3. The summed E-state index contributed by atoms with van der Waals surface area (Å²) >= 11 is 0. The third-order valence-corrected chi connectivity index (χ3v) is 9.40. The summed E-state index contributed by atoms with van der Waals surface area (Å²) in [5.74, 6) is -0.455. The van der Waals surface area contributed by atoms with Gasteiger partial charge in [-0.05, 0) is 48.7 Å². The van der Waals surface area contributed by atoms with Crippen LogP contribution in [0.25, 0.3) is 0 Å². The van der Waals surface area contributed by atoms with Gasteiger partial charge in [0.15, 0.2) is 0 Å². The van der Waals surface area contributed by atoms with Gasteiger partial charge in [0.1, 0.15) is 17.2 Å². The van der Waals surface area contributed by atoms with Crippen LogP contribution < -0.4 is 24.8 Å². The monoisotopic (exact) mass is 526 g/mol. The van der Waals surface area contributed by atoms with Gasteiger partial charge in [0.2, 0.25) is 0 Å². The van der Waals surface area contributed by atoms with Gasteiger partial charge in [0.05, 0.1) is 32.2 Å². The second kappa shape index (κ2) is 9.39. The molecule has 3 heterocycles. The number of alkyl halides is 3. The van der Waals surface area contributed by atoms with E-state index in [1.165, 1.54) is 0 Å². The molecular formula is C25H26F3O7P. The number of aliphatic hydroxyl groups is 2. The third-order valence-electron chi connectivity index (χ3n) is 6.76. The van der Waals surface area contributed by atoms with E-state index < -0.39 is 31.8 Å². The lowest BCUT2D eigenvalue weighted by molar-refractivity contribution is -0.253. The van der Waals surface area contributed by atoms with Crippen molar-refractivity contribution in [3.8, 4) is 17.2 Å². The van der Waals surface area contributed by atoms with Crippen molar-refractivity contribution < 1.29 is 47.1 Å². The Morgan fingerprint density at radius 1 is 0.972 bits per heavy atom. The highest BCUT2D eigenvalue weighted by Crippen LogP contribution is 2.53. The molecule has 5 rings (SSSR count). The summed E-state index contributed by atoms with van der Waals surface area (Å²) < 4.78 is 65.0. The van der Waals surface area contributed by atoms with Crippen LogP contribution in [0.4, 0.5) is 13.2 Å². The van der Waals surface area contributed by atoms with E-state index in [-0.39, 0.29) is 6.61 Å². The predicted molar refractivity (Wildman–Crippen MR) is 125 cm³/mol. The first-order chi connectivity index (χ1) is 17.2. The first-order valence-electron chi connectivity index (χ1n) is 11.7. The highest BCUT2D eigenvalue weighted by Gasteiger charge is 2.62. The Hall–Kier alpha value is -2.55. The Morgan fingerprint density at radius 3 is 2.06 bits per heavy atom. The number of hydrogen-bond donors (Lipinski definition) is 2. The molecule has 2 N–H and O–H groups in total. The Labute approximate surface area is 206 Å². The van der Waals surface area contributed by atoms with Crippen LogP contribution in [0.3, 0.4) is 0 Å². The number of esters is 1. The number of hydrogen-bond acceptors (Lipinski definition) is 7. The molecule has 194 valence electrons. The SMILES string of the molecule is COC(=O)C(O)(CP(c1cc(CCO)cc2c1OCC2)c1c2c(cc3c1OCC3)CCO2)C(F)(F)F. The van der Waals surface area contributed by atoms with Crippen molar-refractivity contribution in [1.29, 1.82) is 0 Å². The van der Waals surface area contributed by atoms with Gasteiger partial charge in [-0.3, -0.25) is 0 Å². The number of rotatable bonds is 7. The summed E-state index contributed by atoms with van der Waals surface area (Å²) in [6, 6.07) is 5.54. The number of ether oxygens (including phenoxy) is 4. The number of methoxy groups -OCH3 is 1. The molecule has 0 radical (unpaired) electrons. The maximum atomic E-state index is 14.3. The summed E-state index contributed by atoms with van der Waals surface area (Å²) in [5.41, 5.74) is -0.510. The number of carbonyl (C=O) groups is 1. The van der Waals surface area contributed by atoms with Gasteiger partial charge in [-0.25, -0.2) is 4.79 Å². The van der Waals surface area contributed by atoms with Gasteiger partial charge in [-0.1, -0.05) is 6.07 Å². The molecule has 2 atom stereocenters. The van der Waals surface area contributed by atoms with Crippen molar-refractivity contribution in [1.82, 2.24) is 0 Å². The van der Waals surface area contributed by atoms with Crippen LogP contribution in [0.1, 0.15) is 22.3 Å². The van der Waals surface area contributed by atoms with E-state index in [9.17, 15) is 28.2 Å². The van der Waals surface area contributed by atoms with Crippen molar-refractivity contribution in [2.75, 3.05) is 39.7 Å². The van der Waals surface area contributed by atoms with Crippen LogP contribution in [0, 0.1) is 0 Å². The molecule has 7 nitrogen and oxygen atoms in total. The number of halogens is 3. The van der Waals surface area contributed by atoms with Gasteiger partial charge in [0.25, 0.3) is 5.60 Å². The fraction of sp³-hybridized carbons (Fsp3) is 0.480. The predicted octanol–water partition coefficient (Wildman–Crippen LogP) is 1.93. The van der Waals surface area contributed by atoms with Crippen LogP contribution >= 0.6 is 7.92 Å². The number of carbonyl (C=O) groups excluding carboxylic acids is 1. The zero-order valence-corrected chi connectivity index (χ0v) is 20.5. The number of benzene rings is 2. The molecule has 3 aliphatic heterocycles. The fourth-order valence-corrected chi connectivity index (χ4v) is 8.01. The highest BCUT2D eigenvalue weighted by atomic mass is 31.1. The second-order valence-corrected chi connectivity index (χ2v) is 11.1. The molecule has 0 saturated heterocycles. The number of fused-ring (bicyclic) bond motifs is 3. The quantitative estimate of drug-likeness (QED) is 0.421. The molecule has 2 aromatic rings. The molecule has 0 aliphatic carbocycles. The molecule has 3 aliphatic rings. The van der Waals surface area contributed by atoms with E-state index >= 15 is 0 Å². The molecule has 0 aromatic heterocycles. The topological polar surface area (TPSA) is 94.5 Å². The molecule has 36 heavy (non-hydrogen) atoms. The Bertz CT molecular complexity index is 1170. The molecular weight excluding hydrogens is 500 g/mol. The smallest absolute Gasteiger partial charge is 0.428 e. The van der Waals surface area contributed by atoms with Crippen LogP contribution in [0.5, 0.6) is 17.2 Å². The molecule has 0 saturated carbocycles. The molecule has 0 spiro atoms. The van der Waals surface area contributed by atoms with Gasteiger partial charge in [0, 0.05) is 37.3 Å². The van der Waals surface area contributed by atoms with E-state index in [0.717, 1.165) is 29.4 Å². The van der Waals surface area contributed by atoms with Crippen LogP contribution in [-0.2, 0) is 35.2 Å². The average Bonchev–Trinajstić information content (AvgIpc) is 3.59. The van der Waals surface area contributed by atoms with Crippen molar-refractivity contribution in [3.63, 3.8) is 0 Å². The minimum absolute atomic E-state index is 0.145. The van der Waals surface area contributed by atoms with Crippen molar-refractivity contribution in [2.24, 2.45) is 0 Å². The number of aliphatic hydroxyl groups excluding tert-OH is 1. The maximum absolute atomic E-state index is 14.3. The first kappa shape index (κ1) is 25.1. The van der Waals surface area contributed by atoms with Crippen molar-refractivity contribution in [2.45, 2.75) is 37.5 Å². The summed E-state index contributed by atoms with van der Waals surface area (Å²) in [6.45, 7) is 0.947. The van der Waals surface area contributed by atoms with Crippen molar-refractivity contribution >= 4 is 24.5 Å². The molecule has 0 fully saturated rings. The van der Waals surface area contributed by atoms with E-state index in [2.05, 4.69) is 4.74 Å². The molecule has 0 amide bonds. The summed E-state index contributed by atoms with van der Waals surface area (Å²) in [4.78, 5) is 12.4. The van der Waals surface area contributed by atoms with Crippen LogP contribution in [-0.4, -0.2) is 67.7 Å². The summed E-state index contributed by atoms with van der Waals surface area (Å²) in [5, 5.41) is 21.3. The van der Waals surface area contributed by atoms with E-state index in [0.29, 0.717) is 73.4 Å². The lowest BCUT2D eigenvalue weighted by atomic mass is 10.1. The average molecular weight is 526 g/mol. The first-order valence-corrected chi connectivity index (χ1v) is 13.2. The van der Waals surface area contributed by atoms with E-state index in [1.807, 2.05) is 12.1 Å². The van der Waals surface area contributed by atoms with Crippen LogP contribution in [0.2, 0.25) is 0 Å². The normalized spacial score (nSPS) is 18.3. The minimum atomic E-state index is -5.30. The third kappa shape index (κ3) is 4.09. The van der Waals surface area contributed by atoms with Gasteiger partial charge in [-0.15, -0.1) is 0 Å². The summed E-state index contributed by atoms with van der Waals surface area (Å²) in [7, 11) is -1.29. The van der Waals surface area contributed by atoms with E-state index in [1.54, 1.807) is 6.07 Å². The molecule has 2 aromatic carbocycles. The minimum Gasteiger partial charge on any atom is -0.492 e. The zero-order chi connectivity index (χ0) is 25.7. The second-order valence-electron chi connectivity index (χ2n) is 9.01. The molecule has 11 heteroatoms. The van der Waals surface area contributed by atoms with Gasteiger partial charge < -0.3 is 29.2 Å². The Morgan fingerprint density at radius 2 is 1.53 bits per heavy atom. The summed E-state index contributed by atoms with van der Waals surface area (Å²) in [6.07, 6.45) is -4.24. The lowest BCUT2D eigenvalue weighted by Crippen LogP contribution is -2.56. The lowest BCUT2D eigenvalue weighted by Gasteiger charge is -2.33. The van der Waals surface area contributed by atoms with Gasteiger partial charge >= 0.3 is 12.1 Å². The highest BCUT2D eigenvalue weighted by molar-refractivity contribution is 7.73. The Balaban J connectivity index is 1.77. The fourth-order valence-electron chi connectivity index (χ4n) is 4.99. The Kier molecular flexibility index (Phi) is 6.55. The largest absolute Gasteiger partial charge is 0.492 e.